The van der Waals surface area contributed by atoms with Crippen LogP contribution < -0.4 is 4.90 Å². The predicted molar refractivity (Wildman–Crippen MR) is 91.9 cm³/mol. The predicted octanol–water partition coefficient (Wildman–Crippen LogP) is 5.16. The Kier molecular flexibility index (Phi) is 3.00. The van der Waals surface area contributed by atoms with E-state index in [1.807, 2.05) is 18.3 Å². The lowest BCUT2D eigenvalue weighted by atomic mass is 10.0. The summed E-state index contributed by atoms with van der Waals surface area (Å²) in [7, 11) is 0. The minimum Gasteiger partial charge on any atom is -0.337 e. The number of rotatable bonds is 1. The van der Waals surface area contributed by atoms with Gasteiger partial charge in [0, 0.05) is 33.9 Å². The first kappa shape index (κ1) is 12.6. The highest BCUT2D eigenvalue weighted by molar-refractivity contribution is 9.10. The number of nitrogens with zero attached hydrogens (tertiary/aromatic N) is 2. The molecule has 1 aliphatic rings. The van der Waals surface area contributed by atoms with E-state index in [2.05, 4.69) is 74.4 Å². The van der Waals surface area contributed by atoms with E-state index in [1.165, 1.54) is 16.9 Å². The van der Waals surface area contributed by atoms with Crippen molar-refractivity contribution in [3.8, 4) is 0 Å². The third-order valence-corrected chi connectivity index (χ3v) is 4.50. The second-order valence-corrected chi connectivity index (χ2v) is 5.89. The fourth-order valence-corrected chi connectivity index (χ4v) is 3.26. The van der Waals surface area contributed by atoms with Crippen molar-refractivity contribution in [2.75, 3.05) is 11.4 Å². The maximum absolute atomic E-state index is 4.58. The monoisotopic (exact) mass is 336 g/mol. The second kappa shape index (κ2) is 5.01. The molecule has 0 spiro atoms. The molecule has 0 unspecified atom stereocenters. The number of halogens is 1. The van der Waals surface area contributed by atoms with Crippen molar-refractivity contribution in [2.45, 2.75) is 0 Å². The van der Waals surface area contributed by atoms with Crippen LogP contribution in [0.2, 0.25) is 0 Å². The van der Waals surface area contributed by atoms with E-state index in [0.29, 0.717) is 0 Å². The van der Waals surface area contributed by atoms with E-state index in [9.17, 15) is 0 Å². The van der Waals surface area contributed by atoms with Gasteiger partial charge < -0.3 is 4.90 Å². The number of benzene rings is 2. The lowest BCUT2D eigenvalue weighted by Crippen LogP contribution is -2.20. The topological polar surface area (TPSA) is 16.1 Å². The van der Waals surface area contributed by atoms with E-state index in [1.54, 1.807) is 0 Å². The van der Waals surface area contributed by atoms with Crippen molar-refractivity contribution in [1.82, 2.24) is 4.98 Å². The van der Waals surface area contributed by atoms with Crippen molar-refractivity contribution in [3.05, 3.63) is 70.8 Å². The summed E-state index contributed by atoms with van der Waals surface area (Å²) in [6.07, 6.45) is 6.22. The third kappa shape index (κ3) is 2.05. The van der Waals surface area contributed by atoms with Gasteiger partial charge in [0.15, 0.2) is 0 Å². The van der Waals surface area contributed by atoms with E-state index < -0.39 is 0 Å². The molecule has 0 N–H and O–H groups in total. The van der Waals surface area contributed by atoms with Crippen molar-refractivity contribution in [1.29, 1.82) is 0 Å². The van der Waals surface area contributed by atoms with Crippen LogP contribution in [0.1, 0.15) is 5.56 Å². The Balaban J connectivity index is 1.96. The number of hydrogen-bond donors (Lipinski definition) is 0. The molecule has 0 aliphatic carbocycles. The van der Waals surface area contributed by atoms with Crippen LogP contribution >= 0.6 is 15.9 Å². The molecule has 3 aromatic rings. The Bertz CT molecular complexity index is 840. The summed E-state index contributed by atoms with van der Waals surface area (Å²) in [5.74, 6) is 0. The minimum atomic E-state index is 0.885. The standard InChI is InChI=1S/C18H13BrN2/c19-16-10-11-20-18-14(16)8-9-17-15(18)7-4-12-21(17)13-5-2-1-3-6-13/h1-11H,12H2. The van der Waals surface area contributed by atoms with Gasteiger partial charge in [-0.2, -0.15) is 0 Å². The summed E-state index contributed by atoms with van der Waals surface area (Å²) in [4.78, 5) is 6.89. The number of aromatic nitrogens is 1. The zero-order valence-electron chi connectivity index (χ0n) is 11.3. The molecule has 0 amide bonds. The molecule has 0 atom stereocenters. The number of hydrogen-bond acceptors (Lipinski definition) is 2. The fourth-order valence-electron chi connectivity index (χ4n) is 2.82. The Morgan fingerprint density at radius 3 is 2.71 bits per heavy atom. The van der Waals surface area contributed by atoms with Gasteiger partial charge in [0.1, 0.15) is 0 Å². The molecule has 0 bridgehead atoms. The van der Waals surface area contributed by atoms with Crippen LogP contribution in [0.5, 0.6) is 0 Å². The summed E-state index contributed by atoms with van der Waals surface area (Å²) in [5, 5.41) is 1.15. The normalized spacial score (nSPS) is 13.5. The Labute approximate surface area is 131 Å². The van der Waals surface area contributed by atoms with Crippen molar-refractivity contribution >= 4 is 44.3 Å². The molecular formula is C18H13BrN2. The van der Waals surface area contributed by atoms with Gasteiger partial charge in [0.05, 0.1) is 11.2 Å². The van der Waals surface area contributed by atoms with Crippen LogP contribution in [0.25, 0.3) is 17.0 Å². The molecule has 0 saturated heterocycles. The minimum absolute atomic E-state index is 0.885. The first-order valence-corrected chi connectivity index (χ1v) is 7.70. The molecule has 2 nitrogen and oxygen atoms in total. The molecule has 0 radical (unpaired) electrons. The zero-order valence-corrected chi connectivity index (χ0v) is 12.9. The molecule has 1 aliphatic heterocycles. The first-order chi connectivity index (χ1) is 10.3. The van der Waals surface area contributed by atoms with Crippen molar-refractivity contribution in [2.24, 2.45) is 0 Å². The molecule has 0 fully saturated rings. The number of fused-ring (bicyclic) bond motifs is 3. The highest BCUT2D eigenvalue weighted by Crippen LogP contribution is 2.37. The smallest absolute Gasteiger partial charge is 0.0806 e. The van der Waals surface area contributed by atoms with Crippen LogP contribution in [0.15, 0.2) is 65.3 Å². The van der Waals surface area contributed by atoms with E-state index in [4.69, 9.17) is 0 Å². The molecule has 1 aromatic heterocycles. The Hall–Kier alpha value is -2.13. The van der Waals surface area contributed by atoms with Gasteiger partial charge in [-0.15, -0.1) is 0 Å². The lowest BCUT2D eigenvalue weighted by molar-refractivity contribution is 1.08. The summed E-state index contributed by atoms with van der Waals surface area (Å²) < 4.78 is 1.08. The van der Waals surface area contributed by atoms with E-state index >= 15 is 0 Å². The van der Waals surface area contributed by atoms with Crippen LogP contribution in [0, 0.1) is 0 Å². The maximum Gasteiger partial charge on any atom is 0.0806 e. The van der Waals surface area contributed by atoms with Gasteiger partial charge >= 0.3 is 0 Å². The molecule has 2 heterocycles. The first-order valence-electron chi connectivity index (χ1n) is 6.91. The Morgan fingerprint density at radius 2 is 1.86 bits per heavy atom. The lowest BCUT2D eigenvalue weighted by Gasteiger charge is -2.28. The summed E-state index contributed by atoms with van der Waals surface area (Å²) >= 11 is 3.61. The largest absolute Gasteiger partial charge is 0.337 e. The van der Waals surface area contributed by atoms with Crippen LogP contribution in [-0.2, 0) is 0 Å². The molecule has 21 heavy (non-hydrogen) atoms. The van der Waals surface area contributed by atoms with Gasteiger partial charge in [0.2, 0.25) is 0 Å². The van der Waals surface area contributed by atoms with Gasteiger partial charge in [-0.3, -0.25) is 4.98 Å². The van der Waals surface area contributed by atoms with Crippen LogP contribution in [0.3, 0.4) is 0 Å². The highest BCUT2D eigenvalue weighted by atomic mass is 79.9. The maximum atomic E-state index is 4.58. The van der Waals surface area contributed by atoms with Gasteiger partial charge in [-0.25, -0.2) is 0 Å². The molecule has 3 heteroatoms. The molecule has 102 valence electrons. The van der Waals surface area contributed by atoms with Crippen molar-refractivity contribution in [3.63, 3.8) is 0 Å². The van der Waals surface area contributed by atoms with Gasteiger partial charge in [-0.1, -0.05) is 46.3 Å². The molecule has 4 rings (SSSR count). The SMILES string of the molecule is Brc1ccnc2c3c(ccc12)N(c1ccccc1)CC=C3. The third-order valence-electron chi connectivity index (χ3n) is 3.81. The number of anilines is 2. The number of pyridine rings is 1. The Morgan fingerprint density at radius 1 is 1.00 bits per heavy atom. The van der Waals surface area contributed by atoms with E-state index in [0.717, 1.165) is 21.9 Å². The summed E-state index contributed by atoms with van der Waals surface area (Å²) in [6, 6.07) is 16.8. The average Bonchev–Trinajstić information content (AvgIpc) is 2.55. The van der Waals surface area contributed by atoms with Crippen LogP contribution in [0.4, 0.5) is 11.4 Å². The summed E-state index contributed by atoms with van der Waals surface area (Å²) in [5.41, 5.74) is 4.64. The quantitative estimate of drug-likeness (QED) is 0.610. The molecule has 2 aromatic carbocycles. The highest BCUT2D eigenvalue weighted by Gasteiger charge is 2.17. The van der Waals surface area contributed by atoms with Gasteiger partial charge in [0.25, 0.3) is 0 Å². The molecular weight excluding hydrogens is 324 g/mol. The van der Waals surface area contributed by atoms with Gasteiger partial charge in [-0.05, 0) is 30.3 Å². The molecule has 0 saturated carbocycles. The fraction of sp³-hybridized carbons (Fsp3) is 0.0556. The zero-order chi connectivity index (χ0) is 14.2. The summed E-state index contributed by atoms with van der Waals surface area (Å²) in [6.45, 7) is 0.885. The van der Waals surface area contributed by atoms with Crippen LogP contribution in [-0.4, -0.2) is 11.5 Å². The second-order valence-electron chi connectivity index (χ2n) is 5.04. The number of para-hydroxylation sites is 1. The average molecular weight is 337 g/mol. The van der Waals surface area contributed by atoms with Crippen molar-refractivity contribution < 1.29 is 0 Å². The van der Waals surface area contributed by atoms with E-state index in [-0.39, 0.29) is 0 Å².